The molecule has 1 unspecified atom stereocenters. The Hall–Kier alpha value is -1.85. The normalized spacial score (nSPS) is 12.2. The molecule has 0 aliphatic rings. The van der Waals surface area contributed by atoms with Crippen LogP contribution in [0.25, 0.3) is 0 Å². The van der Waals surface area contributed by atoms with E-state index >= 15 is 0 Å². The van der Waals surface area contributed by atoms with Gasteiger partial charge in [0.25, 0.3) is 0 Å². The number of ketones is 1. The Morgan fingerprint density at radius 2 is 2.04 bits per heavy atom. The summed E-state index contributed by atoms with van der Waals surface area (Å²) in [5, 5.41) is 0.141. The number of halogens is 2. The Labute approximate surface area is 146 Å². The largest absolute Gasteiger partial charge is 0.484 e. The standard InChI is InChI=1S/C18H21ClFNO3/c1-11-7-15(13(3)21(11)12(2)9-23-4)17(22)10-24-18-6-5-14(20)8-16(18)19/h5-8,12H,9-10H2,1-4H3. The molecule has 2 aromatic rings. The van der Waals surface area contributed by atoms with Gasteiger partial charge in [-0.1, -0.05) is 11.6 Å². The zero-order chi connectivity index (χ0) is 17.9. The first-order valence-electron chi connectivity index (χ1n) is 7.63. The Morgan fingerprint density at radius 1 is 1.33 bits per heavy atom. The van der Waals surface area contributed by atoms with Crippen LogP contribution in [-0.4, -0.2) is 30.7 Å². The predicted molar refractivity (Wildman–Crippen MR) is 91.7 cm³/mol. The topological polar surface area (TPSA) is 40.5 Å². The second-order valence-electron chi connectivity index (χ2n) is 5.75. The van der Waals surface area contributed by atoms with Crippen LogP contribution in [0, 0.1) is 19.7 Å². The third-order valence-corrected chi connectivity index (χ3v) is 4.18. The van der Waals surface area contributed by atoms with Gasteiger partial charge in [-0.2, -0.15) is 0 Å². The molecule has 0 amide bonds. The Morgan fingerprint density at radius 3 is 2.67 bits per heavy atom. The average molecular weight is 354 g/mol. The molecule has 0 bridgehead atoms. The highest BCUT2D eigenvalue weighted by molar-refractivity contribution is 6.32. The van der Waals surface area contributed by atoms with Gasteiger partial charge in [-0.25, -0.2) is 4.39 Å². The van der Waals surface area contributed by atoms with E-state index in [1.807, 2.05) is 26.8 Å². The van der Waals surface area contributed by atoms with E-state index in [1.54, 1.807) is 7.11 Å². The minimum absolute atomic E-state index is 0.129. The van der Waals surface area contributed by atoms with Crippen LogP contribution >= 0.6 is 11.6 Å². The van der Waals surface area contributed by atoms with E-state index in [2.05, 4.69) is 4.57 Å². The molecule has 1 aromatic carbocycles. The molecular formula is C18H21ClFNO3. The Balaban J connectivity index is 2.14. The van der Waals surface area contributed by atoms with Crippen LogP contribution in [0.1, 0.15) is 34.7 Å². The summed E-state index contributed by atoms with van der Waals surface area (Å²) < 4.78 is 25.7. The lowest BCUT2D eigenvalue weighted by atomic mass is 10.1. The predicted octanol–water partition coefficient (Wildman–Crippen LogP) is 4.37. The molecule has 2 rings (SSSR count). The molecule has 1 heterocycles. The van der Waals surface area contributed by atoms with Crippen molar-refractivity contribution in [2.75, 3.05) is 20.3 Å². The molecule has 6 heteroatoms. The summed E-state index contributed by atoms with van der Waals surface area (Å²) in [6.45, 7) is 6.29. The molecule has 4 nitrogen and oxygen atoms in total. The third kappa shape index (κ3) is 3.97. The molecule has 1 aromatic heterocycles. The lowest BCUT2D eigenvalue weighted by Crippen LogP contribution is -2.16. The van der Waals surface area contributed by atoms with Crippen molar-refractivity contribution in [2.24, 2.45) is 0 Å². The van der Waals surface area contributed by atoms with E-state index in [-0.39, 0.29) is 29.2 Å². The SMILES string of the molecule is COCC(C)n1c(C)cc(C(=O)COc2ccc(F)cc2Cl)c1C. The molecule has 0 saturated heterocycles. The van der Waals surface area contributed by atoms with Crippen molar-refractivity contribution in [3.05, 3.63) is 52.1 Å². The van der Waals surface area contributed by atoms with Gasteiger partial charge in [0.1, 0.15) is 11.6 Å². The lowest BCUT2D eigenvalue weighted by molar-refractivity contribution is 0.0920. The fourth-order valence-electron chi connectivity index (χ4n) is 2.87. The van der Waals surface area contributed by atoms with Gasteiger partial charge in [-0.3, -0.25) is 4.79 Å². The number of hydrogen-bond acceptors (Lipinski definition) is 3. The smallest absolute Gasteiger partial charge is 0.202 e. The zero-order valence-electron chi connectivity index (χ0n) is 14.2. The van der Waals surface area contributed by atoms with Crippen LogP contribution in [0.5, 0.6) is 5.75 Å². The summed E-state index contributed by atoms with van der Waals surface area (Å²) in [6, 6.07) is 5.78. The first-order chi connectivity index (χ1) is 11.3. The van der Waals surface area contributed by atoms with Gasteiger partial charge in [0.15, 0.2) is 6.61 Å². The summed E-state index contributed by atoms with van der Waals surface area (Å²) in [4.78, 5) is 12.5. The second kappa shape index (κ2) is 7.81. The number of benzene rings is 1. The summed E-state index contributed by atoms with van der Waals surface area (Å²) in [7, 11) is 1.65. The fraction of sp³-hybridized carbons (Fsp3) is 0.389. The van der Waals surface area contributed by atoms with Crippen LogP contribution in [0.15, 0.2) is 24.3 Å². The number of hydrogen-bond donors (Lipinski definition) is 0. The minimum Gasteiger partial charge on any atom is -0.484 e. The summed E-state index contributed by atoms with van der Waals surface area (Å²) >= 11 is 5.90. The van der Waals surface area contributed by atoms with Crippen molar-refractivity contribution in [3.8, 4) is 5.75 Å². The number of Topliss-reactive ketones (excluding diaryl/α,β-unsaturated/α-hetero) is 1. The van der Waals surface area contributed by atoms with E-state index in [0.717, 1.165) is 17.5 Å². The van der Waals surface area contributed by atoms with Gasteiger partial charge >= 0.3 is 0 Å². The molecular weight excluding hydrogens is 333 g/mol. The van der Waals surface area contributed by atoms with E-state index < -0.39 is 5.82 Å². The number of rotatable bonds is 7. The van der Waals surface area contributed by atoms with Crippen LogP contribution < -0.4 is 4.74 Å². The number of aromatic nitrogens is 1. The molecule has 0 aliphatic carbocycles. The highest BCUT2D eigenvalue weighted by atomic mass is 35.5. The third-order valence-electron chi connectivity index (χ3n) is 3.89. The molecule has 24 heavy (non-hydrogen) atoms. The monoisotopic (exact) mass is 353 g/mol. The van der Waals surface area contributed by atoms with Crippen molar-refractivity contribution in [3.63, 3.8) is 0 Å². The molecule has 1 atom stereocenters. The molecule has 130 valence electrons. The first-order valence-corrected chi connectivity index (χ1v) is 8.01. The number of ether oxygens (including phenoxy) is 2. The van der Waals surface area contributed by atoms with Crippen LogP contribution in [0.4, 0.5) is 4.39 Å². The van der Waals surface area contributed by atoms with Gasteiger partial charge < -0.3 is 14.0 Å². The minimum atomic E-state index is -0.450. The number of nitrogens with zero attached hydrogens (tertiary/aromatic N) is 1. The molecule has 0 spiro atoms. The van der Waals surface area contributed by atoms with Crippen LogP contribution in [0.2, 0.25) is 5.02 Å². The fourth-order valence-corrected chi connectivity index (χ4v) is 3.09. The Kier molecular flexibility index (Phi) is 6.02. The lowest BCUT2D eigenvalue weighted by Gasteiger charge is -2.17. The van der Waals surface area contributed by atoms with E-state index in [1.165, 1.54) is 12.1 Å². The summed E-state index contributed by atoms with van der Waals surface area (Å²) in [5.41, 5.74) is 2.46. The summed E-state index contributed by atoms with van der Waals surface area (Å²) in [6.07, 6.45) is 0. The van der Waals surface area contributed by atoms with Gasteiger partial charge in [-0.05, 0) is 45.0 Å². The number of methoxy groups -OCH3 is 1. The first kappa shape index (κ1) is 18.5. The Bertz CT molecular complexity index is 742. The maximum Gasteiger partial charge on any atom is 0.202 e. The number of aryl methyl sites for hydroxylation is 1. The average Bonchev–Trinajstić information content (AvgIpc) is 2.81. The van der Waals surface area contributed by atoms with Crippen LogP contribution in [-0.2, 0) is 4.74 Å². The molecule has 0 saturated carbocycles. The van der Waals surface area contributed by atoms with Gasteiger partial charge in [-0.15, -0.1) is 0 Å². The maximum atomic E-state index is 13.0. The summed E-state index contributed by atoms with van der Waals surface area (Å²) in [5.74, 6) is -0.318. The quantitative estimate of drug-likeness (QED) is 0.694. The maximum absolute atomic E-state index is 13.0. The van der Waals surface area contributed by atoms with Crippen LogP contribution in [0.3, 0.4) is 0 Å². The van der Waals surface area contributed by atoms with Crippen molar-refractivity contribution >= 4 is 17.4 Å². The van der Waals surface area contributed by atoms with Crippen molar-refractivity contribution in [2.45, 2.75) is 26.8 Å². The highest BCUT2D eigenvalue weighted by Gasteiger charge is 2.19. The number of carbonyl (C=O) groups excluding carboxylic acids is 1. The van der Waals surface area contributed by atoms with Gasteiger partial charge in [0, 0.05) is 24.1 Å². The van der Waals surface area contributed by atoms with E-state index in [0.29, 0.717) is 12.2 Å². The molecule has 0 fully saturated rings. The molecule has 0 aliphatic heterocycles. The van der Waals surface area contributed by atoms with Gasteiger partial charge in [0.05, 0.1) is 17.7 Å². The second-order valence-corrected chi connectivity index (χ2v) is 6.15. The van der Waals surface area contributed by atoms with Gasteiger partial charge in [0.2, 0.25) is 5.78 Å². The van der Waals surface area contributed by atoms with Crippen molar-refractivity contribution < 1.29 is 18.7 Å². The highest BCUT2D eigenvalue weighted by Crippen LogP contribution is 2.26. The number of carbonyl (C=O) groups is 1. The van der Waals surface area contributed by atoms with Crippen molar-refractivity contribution in [1.29, 1.82) is 0 Å². The van der Waals surface area contributed by atoms with E-state index in [9.17, 15) is 9.18 Å². The van der Waals surface area contributed by atoms with Crippen molar-refractivity contribution in [1.82, 2.24) is 4.57 Å². The molecule has 0 N–H and O–H groups in total. The molecule has 0 radical (unpaired) electrons. The van der Waals surface area contributed by atoms with E-state index in [4.69, 9.17) is 21.1 Å². The zero-order valence-corrected chi connectivity index (χ0v) is 15.0.